The SMILES string of the molecule is CCCCCCCCCCCCCCCCCc1ncc(-c2ccc([O][Al]([CH2]C)[CH2]C)cc2)[nH]1.Fc1c(F)c(F)c(B(c2c(F)c(F)c(F)c(F)c2F)c2c(F)c(F)c(F)c(F)c2F)c(F)c1F.Fc1c(F)c(F)c(B(c2c(F)c(F)c(F)c(F)c2F)c2c(F)c(F)c(F)c(F)c2F)c(F)c1F. The molecule has 7 aromatic carbocycles. The van der Waals surface area contributed by atoms with E-state index in [9.17, 15) is 132 Å². The lowest BCUT2D eigenvalue weighted by Crippen LogP contribution is -2.60. The number of aryl methyl sites for hydroxylation is 1. The Balaban J connectivity index is 0.000000241. The summed E-state index contributed by atoms with van der Waals surface area (Å²) in [5.74, 6) is -88.3. The van der Waals surface area contributed by atoms with Crippen LogP contribution in [0.25, 0.3) is 11.3 Å². The standard InChI is InChI=1S/C26H42N2O.2C18BF15.2C2H5.Al/c1-2-3-4-5-6-7-8-9-10-11-12-13-14-15-16-17-26-27-22-25(28-26)23-18-20-24(29)21-19-23;2*20-4-1(5(21)11(27)16(32)10(4)26)19(2-6(22)12(28)17(33)13(29)7(2)23)3-8(24)14(30)18(34)15(31)9(3)25;2*1-2;/h18-22,29H,2-17H2,1H3,(H,27,28);;;2*1H2,2H3;/q;;;;;+1/p-1. The van der Waals surface area contributed by atoms with Crippen LogP contribution in [0.15, 0.2) is 30.5 Å². The maximum Gasteiger partial charge on any atom is 0.546 e. The quantitative estimate of drug-likeness (QED) is 0.0183. The Kier molecular flexibility index (Phi) is 29.7. The molecular formula is C66H51AlB2F30N2O. The number of aromatic amines is 1. The molecule has 0 fully saturated rings. The van der Waals surface area contributed by atoms with Crippen molar-refractivity contribution in [2.24, 2.45) is 0 Å². The van der Waals surface area contributed by atoms with Crippen LogP contribution in [-0.4, -0.2) is 37.9 Å². The van der Waals surface area contributed by atoms with Crippen LogP contribution in [0.4, 0.5) is 132 Å². The number of halogens is 30. The van der Waals surface area contributed by atoms with Gasteiger partial charge < -0.3 is 8.77 Å². The van der Waals surface area contributed by atoms with Crippen LogP contribution in [0.1, 0.15) is 123 Å². The number of aromatic nitrogens is 2. The number of hydrogen-bond acceptors (Lipinski definition) is 2. The molecule has 0 unspecified atom stereocenters. The van der Waals surface area contributed by atoms with Crippen LogP contribution in [-0.2, 0) is 6.42 Å². The van der Waals surface area contributed by atoms with Gasteiger partial charge >= 0.3 is 14.5 Å². The maximum absolute atomic E-state index is 14.4. The average molecular weight is 1510 g/mol. The number of unbranched alkanes of at least 4 members (excludes halogenated alkanes) is 14. The lowest BCUT2D eigenvalue weighted by atomic mass is 9.36. The second kappa shape index (κ2) is 36.5. The van der Waals surface area contributed by atoms with Crippen molar-refractivity contribution in [3.8, 4) is 17.0 Å². The summed E-state index contributed by atoms with van der Waals surface area (Å²) in [4.78, 5) is 8.13. The molecule has 3 nitrogen and oxygen atoms in total. The van der Waals surface area contributed by atoms with E-state index in [1.165, 1.54) is 112 Å². The summed E-state index contributed by atoms with van der Waals surface area (Å²) in [6, 6.07) is 8.51. The van der Waals surface area contributed by atoms with E-state index in [4.69, 9.17) is 3.79 Å². The monoisotopic (exact) mass is 1510 g/mol. The summed E-state index contributed by atoms with van der Waals surface area (Å²) in [5.41, 5.74) is -13.8. The Bertz CT molecular complexity index is 3610. The highest BCUT2D eigenvalue weighted by Crippen LogP contribution is 2.29. The van der Waals surface area contributed by atoms with Gasteiger partial charge in [0, 0.05) is 39.2 Å². The summed E-state index contributed by atoms with van der Waals surface area (Å²) >= 11 is -1.06. The van der Waals surface area contributed by atoms with E-state index in [1.807, 2.05) is 6.20 Å². The van der Waals surface area contributed by atoms with Crippen molar-refractivity contribution in [2.75, 3.05) is 0 Å². The van der Waals surface area contributed by atoms with Gasteiger partial charge in [0.05, 0.1) is 17.6 Å². The smallest absolute Gasteiger partial charge is 0.546 e. The highest BCUT2D eigenvalue weighted by molar-refractivity contribution is 6.96. The number of nitrogens with one attached hydrogen (secondary N) is 1. The van der Waals surface area contributed by atoms with Gasteiger partial charge in [-0.15, -0.1) is 0 Å². The van der Waals surface area contributed by atoms with Gasteiger partial charge in [-0.1, -0.05) is 121 Å². The molecule has 0 saturated heterocycles. The van der Waals surface area contributed by atoms with Crippen LogP contribution in [0, 0.1) is 175 Å². The Morgan fingerprint density at radius 3 is 0.706 bits per heavy atom. The molecule has 8 aromatic rings. The predicted molar refractivity (Wildman–Crippen MR) is 317 cm³/mol. The second-order valence-electron chi connectivity index (χ2n) is 22.8. The predicted octanol–water partition coefficient (Wildman–Crippen LogP) is 18.5. The molecule has 0 aliphatic heterocycles. The zero-order valence-electron chi connectivity index (χ0n) is 53.0. The number of imidazole rings is 1. The van der Waals surface area contributed by atoms with Crippen molar-refractivity contribution >= 4 is 60.7 Å². The topological polar surface area (TPSA) is 37.9 Å². The fourth-order valence-corrected chi connectivity index (χ4v) is 12.2. The fourth-order valence-electron chi connectivity index (χ4n) is 10.8. The molecule has 0 spiro atoms. The first kappa shape index (κ1) is 83.1. The van der Waals surface area contributed by atoms with Gasteiger partial charge in [0.25, 0.3) is 13.4 Å². The Morgan fingerprint density at radius 2 is 0.490 bits per heavy atom. The van der Waals surface area contributed by atoms with Gasteiger partial charge in [-0.3, -0.25) is 0 Å². The van der Waals surface area contributed by atoms with Gasteiger partial charge in [-0.2, -0.15) is 0 Å². The average Bonchev–Trinajstić information content (AvgIpc) is 0.767. The molecule has 0 aliphatic rings. The molecule has 0 bridgehead atoms. The Hall–Kier alpha value is -7.89. The van der Waals surface area contributed by atoms with Gasteiger partial charge in [0.1, 0.15) is 5.82 Å². The summed E-state index contributed by atoms with van der Waals surface area (Å²) in [6.07, 6.45) is 24.1. The highest BCUT2D eigenvalue weighted by atomic mass is 27.2. The minimum absolute atomic E-state index is 1.02. The molecule has 8 rings (SSSR count). The molecule has 0 amide bonds. The van der Waals surface area contributed by atoms with Crippen molar-refractivity contribution in [1.82, 2.24) is 9.97 Å². The summed E-state index contributed by atoms with van der Waals surface area (Å²) in [7, 11) is 0. The van der Waals surface area contributed by atoms with Crippen LogP contribution in [0.2, 0.25) is 10.6 Å². The lowest BCUT2D eigenvalue weighted by molar-refractivity contribution is 0.380. The largest absolute Gasteiger partial charge is 0.643 e. The van der Waals surface area contributed by atoms with Crippen LogP contribution < -0.4 is 36.6 Å². The molecule has 550 valence electrons. The molecule has 0 atom stereocenters. The first-order chi connectivity index (χ1) is 48.1. The Morgan fingerprint density at radius 1 is 0.284 bits per heavy atom. The fraction of sp³-hybridized carbons (Fsp3) is 0.318. The third-order valence-electron chi connectivity index (χ3n) is 16.2. The molecule has 102 heavy (non-hydrogen) atoms. The molecule has 1 heterocycles. The van der Waals surface area contributed by atoms with E-state index in [0.29, 0.717) is 0 Å². The number of H-pyrrole nitrogens is 1. The third-order valence-corrected chi connectivity index (χ3v) is 18.6. The zero-order valence-corrected chi connectivity index (χ0v) is 54.2. The van der Waals surface area contributed by atoms with E-state index in [-0.39, 0.29) is 0 Å². The molecule has 36 heteroatoms. The number of benzene rings is 7. The van der Waals surface area contributed by atoms with E-state index >= 15 is 0 Å². The summed E-state index contributed by atoms with van der Waals surface area (Å²) in [6.45, 7) is -1.15. The molecular weight excluding hydrogens is 1460 g/mol. The molecule has 0 saturated carbocycles. The van der Waals surface area contributed by atoms with E-state index in [0.717, 1.165) is 23.7 Å². The highest BCUT2D eigenvalue weighted by Gasteiger charge is 2.47. The zero-order chi connectivity index (χ0) is 76.2. The second-order valence-corrected chi connectivity index (χ2v) is 25.9. The normalized spacial score (nSPS) is 11.3. The molecule has 1 N–H and O–H groups in total. The number of nitrogens with zero attached hydrogens (tertiary/aromatic N) is 1. The summed E-state index contributed by atoms with van der Waals surface area (Å²) < 4.78 is 423. The van der Waals surface area contributed by atoms with Crippen molar-refractivity contribution in [3.63, 3.8) is 0 Å². The van der Waals surface area contributed by atoms with Crippen molar-refractivity contribution in [2.45, 2.75) is 134 Å². The summed E-state index contributed by atoms with van der Waals surface area (Å²) in [5, 5.41) is 2.36. The first-order valence-electron chi connectivity index (χ1n) is 31.0. The molecule has 0 radical (unpaired) electrons. The van der Waals surface area contributed by atoms with Crippen molar-refractivity contribution in [1.29, 1.82) is 0 Å². The van der Waals surface area contributed by atoms with Gasteiger partial charge in [0.15, 0.2) is 175 Å². The lowest BCUT2D eigenvalue weighted by Gasteiger charge is -2.21. The third kappa shape index (κ3) is 17.7. The van der Waals surface area contributed by atoms with Crippen molar-refractivity contribution < 1.29 is 136 Å². The van der Waals surface area contributed by atoms with E-state index < -0.39 is 235 Å². The molecule has 0 aliphatic carbocycles. The maximum atomic E-state index is 14.4. The minimum atomic E-state index is -3.96. The number of rotatable bonds is 27. The first-order valence-corrected chi connectivity index (χ1v) is 33.1. The van der Waals surface area contributed by atoms with E-state index in [2.05, 4.69) is 55.0 Å². The Labute approximate surface area is 566 Å². The number of hydrogen-bond donors (Lipinski definition) is 1. The van der Waals surface area contributed by atoms with Gasteiger partial charge in [0.2, 0.25) is 0 Å². The van der Waals surface area contributed by atoms with Crippen LogP contribution >= 0.6 is 0 Å². The minimum Gasteiger partial charge on any atom is -0.643 e. The van der Waals surface area contributed by atoms with Crippen molar-refractivity contribution in [3.05, 3.63) is 211 Å². The molecule has 1 aromatic heterocycles. The van der Waals surface area contributed by atoms with Gasteiger partial charge in [-0.05, 0) is 36.2 Å². The van der Waals surface area contributed by atoms with Crippen LogP contribution in [0.3, 0.4) is 0 Å². The van der Waals surface area contributed by atoms with Gasteiger partial charge in [-0.25, -0.2) is 137 Å². The van der Waals surface area contributed by atoms with Crippen LogP contribution in [0.5, 0.6) is 5.75 Å². The van der Waals surface area contributed by atoms with E-state index in [1.54, 1.807) is 0 Å².